The topological polar surface area (TPSA) is 60.0 Å². The van der Waals surface area contributed by atoms with E-state index in [1.54, 1.807) is 0 Å². The van der Waals surface area contributed by atoms with Crippen molar-refractivity contribution in [2.24, 2.45) is 5.73 Å². The van der Waals surface area contributed by atoms with Gasteiger partial charge in [-0.3, -0.25) is 4.98 Å². The van der Waals surface area contributed by atoms with E-state index in [0.29, 0.717) is 6.54 Å². The van der Waals surface area contributed by atoms with Crippen molar-refractivity contribution < 1.29 is 0 Å². The summed E-state index contributed by atoms with van der Waals surface area (Å²) in [6, 6.07) is 4.09. The summed E-state index contributed by atoms with van der Waals surface area (Å²) in [5.74, 6) is 1.10. The molecule has 0 atom stereocenters. The molecule has 5 nitrogen and oxygen atoms in total. The number of nitrogens with zero attached hydrogens (tertiary/aromatic N) is 4. The molecular weight excluding hydrogens is 238 g/mol. The van der Waals surface area contributed by atoms with Crippen LogP contribution in [0, 0.1) is 6.92 Å². The van der Waals surface area contributed by atoms with Gasteiger partial charge in [0.1, 0.15) is 5.82 Å². The van der Waals surface area contributed by atoms with Gasteiger partial charge in [-0.1, -0.05) is 0 Å². The van der Waals surface area contributed by atoms with E-state index in [1.807, 2.05) is 18.5 Å². The Labute approximate surface area is 113 Å². The van der Waals surface area contributed by atoms with Gasteiger partial charge in [0.15, 0.2) is 0 Å². The van der Waals surface area contributed by atoms with Crippen LogP contribution in [-0.2, 0) is 19.5 Å². The predicted molar refractivity (Wildman–Crippen MR) is 75.0 cm³/mol. The molecule has 0 saturated carbocycles. The lowest BCUT2D eigenvalue weighted by Crippen LogP contribution is -2.34. The van der Waals surface area contributed by atoms with E-state index >= 15 is 0 Å². The Morgan fingerprint density at radius 1 is 1.37 bits per heavy atom. The SMILES string of the molecule is Cc1nc(CCN)c2n1CCN(c1cccnc1)C2. The third-order valence-corrected chi connectivity index (χ3v) is 3.67. The van der Waals surface area contributed by atoms with Gasteiger partial charge in [0, 0.05) is 25.7 Å². The Kier molecular flexibility index (Phi) is 3.21. The lowest BCUT2D eigenvalue weighted by atomic mass is 10.2. The van der Waals surface area contributed by atoms with Crippen molar-refractivity contribution in [1.29, 1.82) is 0 Å². The summed E-state index contributed by atoms with van der Waals surface area (Å²) >= 11 is 0. The number of hydrogen-bond donors (Lipinski definition) is 1. The van der Waals surface area contributed by atoms with Gasteiger partial charge >= 0.3 is 0 Å². The number of nitrogens with two attached hydrogens (primary N) is 1. The molecule has 0 radical (unpaired) electrons. The maximum atomic E-state index is 5.68. The average Bonchev–Trinajstić information content (AvgIpc) is 2.77. The smallest absolute Gasteiger partial charge is 0.106 e. The first kappa shape index (κ1) is 12.2. The fourth-order valence-corrected chi connectivity index (χ4v) is 2.72. The largest absolute Gasteiger partial charge is 0.363 e. The van der Waals surface area contributed by atoms with Crippen LogP contribution in [0.2, 0.25) is 0 Å². The molecule has 100 valence electrons. The molecule has 0 bridgehead atoms. The van der Waals surface area contributed by atoms with Crippen LogP contribution in [-0.4, -0.2) is 27.6 Å². The molecular formula is C14H19N5. The number of anilines is 1. The summed E-state index contributed by atoms with van der Waals surface area (Å²) in [6.45, 7) is 5.59. The molecule has 0 spiro atoms. The first-order valence-electron chi connectivity index (χ1n) is 6.69. The summed E-state index contributed by atoms with van der Waals surface area (Å²) in [5, 5.41) is 0. The van der Waals surface area contributed by atoms with Crippen LogP contribution < -0.4 is 10.6 Å². The van der Waals surface area contributed by atoms with Gasteiger partial charge in [0.25, 0.3) is 0 Å². The van der Waals surface area contributed by atoms with E-state index in [2.05, 4.69) is 32.4 Å². The molecule has 0 saturated heterocycles. The highest BCUT2D eigenvalue weighted by Gasteiger charge is 2.22. The van der Waals surface area contributed by atoms with Crippen LogP contribution in [0.4, 0.5) is 5.69 Å². The molecule has 0 aromatic carbocycles. The van der Waals surface area contributed by atoms with Crippen LogP contribution >= 0.6 is 0 Å². The minimum Gasteiger partial charge on any atom is -0.363 e. The molecule has 1 aliphatic heterocycles. The fraction of sp³-hybridized carbons (Fsp3) is 0.429. The summed E-state index contributed by atoms with van der Waals surface area (Å²) in [5.41, 5.74) is 9.30. The zero-order valence-corrected chi connectivity index (χ0v) is 11.2. The molecule has 19 heavy (non-hydrogen) atoms. The summed E-state index contributed by atoms with van der Waals surface area (Å²) in [4.78, 5) is 11.2. The summed E-state index contributed by atoms with van der Waals surface area (Å²) < 4.78 is 2.32. The van der Waals surface area contributed by atoms with Crippen LogP contribution in [0.3, 0.4) is 0 Å². The maximum Gasteiger partial charge on any atom is 0.106 e. The van der Waals surface area contributed by atoms with Crippen LogP contribution in [0.15, 0.2) is 24.5 Å². The van der Waals surface area contributed by atoms with E-state index < -0.39 is 0 Å². The Morgan fingerprint density at radius 3 is 3.00 bits per heavy atom. The number of aromatic nitrogens is 3. The Balaban J connectivity index is 1.90. The second-order valence-electron chi connectivity index (χ2n) is 4.88. The summed E-state index contributed by atoms with van der Waals surface area (Å²) in [7, 11) is 0. The first-order chi connectivity index (χ1) is 9.29. The van der Waals surface area contributed by atoms with Crippen molar-refractivity contribution >= 4 is 5.69 Å². The lowest BCUT2D eigenvalue weighted by Gasteiger charge is -2.30. The molecule has 2 aromatic heterocycles. The van der Waals surface area contributed by atoms with Crippen molar-refractivity contribution in [2.75, 3.05) is 18.0 Å². The zero-order chi connectivity index (χ0) is 13.2. The molecule has 2 N–H and O–H groups in total. The van der Waals surface area contributed by atoms with E-state index in [-0.39, 0.29) is 0 Å². The number of imidazole rings is 1. The Bertz CT molecular complexity index is 561. The molecule has 3 rings (SSSR count). The zero-order valence-electron chi connectivity index (χ0n) is 11.2. The van der Waals surface area contributed by atoms with E-state index in [9.17, 15) is 0 Å². The van der Waals surface area contributed by atoms with E-state index in [0.717, 1.165) is 37.6 Å². The predicted octanol–water partition coefficient (Wildman–Crippen LogP) is 1.11. The van der Waals surface area contributed by atoms with Crippen LogP contribution in [0.5, 0.6) is 0 Å². The molecule has 1 aliphatic rings. The van der Waals surface area contributed by atoms with Crippen molar-refractivity contribution in [3.8, 4) is 0 Å². The molecule has 3 heterocycles. The van der Waals surface area contributed by atoms with Gasteiger partial charge in [0.2, 0.25) is 0 Å². The molecule has 2 aromatic rings. The highest BCUT2D eigenvalue weighted by molar-refractivity contribution is 5.45. The van der Waals surface area contributed by atoms with Crippen molar-refractivity contribution in [1.82, 2.24) is 14.5 Å². The standard InChI is InChI=1S/C14H19N5/c1-11-17-13(4-5-15)14-10-18(7-8-19(11)14)12-3-2-6-16-9-12/h2-3,6,9H,4-5,7-8,10,15H2,1H3. The minimum atomic E-state index is 0.649. The van der Waals surface area contributed by atoms with Crippen LogP contribution in [0.25, 0.3) is 0 Å². The van der Waals surface area contributed by atoms with Crippen LogP contribution in [0.1, 0.15) is 17.2 Å². The lowest BCUT2D eigenvalue weighted by molar-refractivity contribution is 0.556. The van der Waals surface area contributed by atoms with Crippen molar-refractivity contribution in [2.45, 2.75) is 26.4 Å². The number of rotatable bonds is 3. The molecule has 0 amide bonds. The fourth-order valence-electron chi connectivity index (χ4n) is 2.72. The Morgan fingerprint density at radius 2 is 2.26 bits per heavy atom. The highest BCUT2D eigenvalue weighted by atomic mass is 15.2. The molecule has 0 unspecified atom stereocenters. The normalized spacial score (nSPS) is 14.5. The maximum absolute atomic E-state index is 5.68. The quantitative estimate of drug-likeness (QED) is 0.894. The third-order valence-electron chi connectivity index (χ3n) is 3.67. The number of fused-ring (bicyclic) bond motifs is 1. The van der Waals surface area contributed by atoms with Crippen molar-refractivity contribution in [3.63, 3.8) is 0 Å². The first-order valence-corrected chi connectivity index (χ1v) is 6.69. The average molecular weight is 257 g/mol. The summed E-state index contributed by atoms with van der Waals surface area (Å²) in [6.07, 6.45) is 4.58. The second-order valence-corrected chi connectivity index (χ2v) is 4.88. The minimum absolute atomic E-state index is 0.649. The number of hydrogen-bond acceptors (Lipinski definition) is 4. The molecule has 0 aliphatic carbocycles. The van der Waals surface area contributed by atoms with Gasteiger partial charge in [-0.2, -0.15) is 0 Å². The number of aryl methyl sites for hydroxylation is 1. The van der Waals surface area contributed by atoms with Gasteiger partial charge < -0.3 is 15.2 Å². The molecule has 0 fully saturated rings. The van der Waals surface area contributed by atoms with E-state index in [4.69, 9.17) is 5.73 Å². The van der Waals surface area contributed by atoms with Gasteiger partial charge in [-0.15, -0.1) is 0 Å². The van der Waals surface area contributed by atoms with Crippen molar-refractivity contribution in [3.05, 3.63) is 41.7 Å². The molecule has 5 heteroatoms. The third kappa shape index (κ3) is 2.21. The van der Waals surface area contributed by atoms with Gasteiger partial charge in [0.05, 0.1) is 29.8 Å². The van der Waals surface area contributed by atoms with Gasteiger partial charge in [-0.05, 0) is 25.6 Å². The van der Waals surface area contributed by atoms with E-state index in [1.165, 1.54) is 11.4 Å². The Hall–Kier alpha value is -1.88. The van der Waals surface area contributed by atoms with Gasteiger partial charge in [-0.25, -0.2) is 4.98 Å². The number of pyridine rings is 1. The monoisotopic (exact) mass is 257 g/mol. The second kappa shape index (κ2) is 5.01. The highest BCUT2D eigenvalue weighted by Crippen LogP contribution is 2.23.